The summed E-state index contributed by atoms with van der Waals surface area (Å²) in [6.45, 7) is 3.93. The van der Waals surface area contributed by atoms with Gasteiger partial charge in [0.15, 0.2) is 0 Å². The Kier molecular flexibility index (Phi) is 8.12. The van der Waals surface area contributed by atoms with Crippen molar-refractivity contribution in [2.45, 2.75) is 37.3 Å². The molecule has 0 bridgehead atoms. The molecule has 3 aromatic carbocycles. The van der Waals surface area contributed by atoms with Gasteiger partial charge in [-0.1, -0.05) is 119 Å². The molecule has 0 radical (unpaired) electrons. The number of benzene rings is 3. The molecule has 30 heavy (non-hydrogen) atoms. The van der Waals surface area contributed by atoms with Crippen LogP contribution in [0.25, 0.3) is 0 Å². The van der Waals surface area contributed by atoms with Gasteiger partial charge in [0, 0.05) is 0 Å². The maximum Gasteiger partial charge on any atom is 0.103 e. The fourth-order valence-electron chi connectivity index (χ4n) is 5.12. The van der Waals surface area contributed by atoms with Crippen molar-refractivity contribution in [2.75, 3.05) is 19.6 Å². The maximum absolute atomic E-state index is 2.71. The number of hydrogen-bond acceptors (Lipinski definition) is 1. The molecule has 1 heterocycles. The van der Waals surface area contributed by atoms with Gasteiger partial charge in [0.25, 0.3) is 0 Å². The minimum absolute atomic E-state index is 0.338. The van der Waals surface area contributed by atoms with Gasteiger partial charge < -0.3 is 4.90 Å². The van der Waals surface area contributed by atoms with Crippen molar-refractivity contribution in [3.05, 3.63) is 91.0 Å². The second-order valence-corrected chi connectivity index (χ2v) is 15.2. The predicted molar refractivity (Wildman–Crippen MR) is 137 cm³/mol. The van der Waals surface area contributed by atoms with E-state index in [4.69, 9.17) is 0 Å². The van der Waals surface area contributed by atoms with Gasteiger partial charge in [0.05, 0.1) is 9.52 Å². The van der Waals surface area contributed by atoms with E-state index in [1.165, 1.54) is 51.7 Å². The first-order chi connectivity index (χ1) is 14.9. The minimum atomic E-state index is -1.27. The van der Waals surface area contributed by atoms with Crippen molar-refractivity contribution in [2.24, 2.45) is 0 Å². The van der Waals surface area contributed by atoms with Crippen LogP contribution in [-0.2, 0) is 0 Å². The van der Waals surface area contributed by atoms with E-state index < -0.39 is 8.80 Å². The Balaban J connectivity index is 1.57. The Bertz CT molecular complexity index is 808. The van der Waals surface area contributed by atoms with Crippen molar-refractivity contribution in [1.82, 2.24) is 4.90 Å². The quantitative estimate of drug-likeness (QED) is 0.473. The van der Waals surface area contributed by atoms with Gasteiger partial charge in [-0.05, 0) is 44.1 Å². The van der Waals surface area contributed by atoms with Crippen LogP contribution in [0, 0.1) is 0 Å². The number of hydrogen-bond donors (Lipinski definition) is 0. The summed E-state index contributed by atoms with van der Waals surface area (Å²) in [5.41, 5.74) is 0. The first kappa shape index (κ1) is 21.3. The highest BCUT2D eigenvalue weighted by Crippen LogP contribution is 2.19. The molecule has 0 amide bonds. The first-order valence-electron chi connectivity index (χ1n) is 11.8. The van der Waals surface area contributed by atoms with Crippen LogP contribution in [0.3, 0.4) is 0 Å². The van der Waals surface area contributed by atoms with E-state index in [1.54, 1.807) is 15.6 Å². The van der Waals surface area contributed by atoms with Gasteiger partial charge in [0.1, 0.15) is 8.80 Å². The van der Waals surface area contributed by atoms with Crippen LogP contribution in [0.1, 0.15) is 32.1 Å². The molecule has 1 unspecified atom stereocenters. The molecule has 4 rings (SSSR count). The lowest BCUT2D eigenvalue weighted by atomic mass is 10.1. The highest BCUT2D eigenvalue weighted by molar-refractivity contribution is 6.93. The van der Waals surface area contributed by atoms with Gasteiger partial charge in [-0.25, -0.2) is 0 Å². The van der Waals surface area contributed by atoms with Crippen LogP contribution < -0.4 is 15.6 Å². The minimum Gasteiger partial charge on any atom is -0.303 e. The number of rotatable bonds is 9. The second-order valence-electron chi connectivity index (χ2n) is 8.79. The Morgan fingerprint density at radius 3 is 1.80 bits per heavy atom. The van der Waals surface area contributed by atoms with Gasteiger partial charge in [-0.15, -0.1) is 0 Å². The fraction of sp³-hybridized carbons (Fsp3) is 0.333. The summed E-state index contributed by atoms with van der Waals surface area (Å²) in [5, 5.41) is 5.75. The summed E-state index contributed by atoms with van der Waals surface area (Å²) in [6, 6.07) is 34.3. The second kappa shape index (κ2) is 11.4. The first-order valence-corrected chi connectivity index (χ1v) is 15.1. The largest absolute Gasteiger partial charge is 0.303 e. The Morgan fingerprint density at radius 2 is 1.23 bits per heavy atom. The third kappa shape index (κ3) is 6.04. The Morgan fingerprint density at radius 1 is 0.700 bits per heavy atom. The zero-order valence-electron chi connectivity index (χ0n) is 18.1. The summed E-state index contributed by atoms with van der Waals surface area (Å²) in [5.74, 6) is 0. The monoisotopic (exact) mass is 429 g/mol. The summed E-state index contributed by atoms with van der Waals surface area (Å²) < 4.78 is 0. The van der Waals surface area contributed by atoms with Gasteiger partial charge in [0.2, 0.25) is 0 Å². The summed E-state index contributed by atoms with van der Waals surface area (Å²) >= 11 is 0. The molecule has 156 valence electrons. The van der Waals surface area contributed by atoms with E-state index in [2.05, 4.69) is 95.9 Å². The number of likely N-dealkylation sites (tertiary alicyclic amines) is 1. The van der Waals surface area contributed by atoms with Gasteiger partial charge in [-0.2, -0.15) is 0 Å². The molecule has 0 aliphatic carbocycles. The molecule has 0 saturated carbocycles. The van der Waals surface area contributed by atoms with E-state index in [0.29, 0.717) is 0 Å². The third-order valence-corrected chi connectivity index (χ3v) is 14.1. The van der Waals surface area contributed by atoms with Crippen molar-refractivity contribution in [3.63, 3.8) is 0 Å². The standard InChI is InChI=1S/C27H35NSi2/c1-5-14-24(15-6-1)29-27(20-13-23-28-21-11-4-12-22-28)30(25-16-7-2-8-17-25)26-18-9-3-10-19-26/h1-3,5-10,14-19,27,30H,4,11-13,20-23,29H2. The molecule has 0 N–H and O–H groups in total. The fourth-order valence-corrected chi connectivity index (χ4v) is 13.5. The van der Waals surface area contributed by atoms with Crippen molar-refractivity contribution >= 4 is 33.9 Å². The molecular weight excluding hydrogens is 394 g/mol. The van der Waals surface area contributed by atoms with Crippen molar-refractivity contribution < 1.29 is 0 Å². The lowest BCUT2D eigenvalue weighted by molar-refractivity contribution is 0.225. The molecule has 3 aromatic rings. The topological polar surface area (TPSA) is 3.24 Å². The molecule has 1 atom stereocenters. The smallest absolute Gasteiger partial charge is 0.103 e. The molecule has 1 fully saturated rings. The van der Waals surface area contributed by atoms with E-state index in [1.807, 2.05) is 0 Å². The average Bonchev–Trinajstić information content (AvgIpc) is 2.82. The summed E-state index contributed by atoms with van der Waals surface area (Å²) in [4.78, 5) is 2.71. The normalized spacial score (nSPS) is 16.3. The molecule has 1 aliphatic heterocycles. The molecule has 1 aliphatic rings. The van der Waals surface area contributed by atoms with Crippen molar-refractivity contribution in [3.8, 4) is 0 Å². The molecule has 0 aromatic heterocycles. The maximum atomic E-state index is 2.71. The van der Waals surface area contributed by atoms with Crippen LogP contribution in [0.5, 0.6) is 0 Å². The lowest BCUT2D eigenvalue weighted by Gasteiger charge is -2.30. The molecule has 3 heteroatoms. The third-order valence-electron chi connectivity index (χ3n) is 6.63. The highest BCUT2D eigenvalue weighted by atomic mass is 28.3. The molecular formula is C27H35NSi2. The van der Waals surface area contributed by atoms with Crippen LogP contribution >= 0.6 is 0 Å². The Labute approximate surface area is 186 Å². The van der Waals surface area contributed by atoms with Crippen LogP contribution in [0.15, 0.2) is 91.0 Å². The van der Waals surface area contributed by atoms with Gasteiger partial charge >= 0.3 is 0 Å². The molecule has 0 spiro atoms. The Hall–Kier alpha value is -1.95. The number of nitrogens with zero attached hydrogens (tertiary/aromatic N) is 1. The lowest BCUT2D eigenvalue weighted by Crippen LogP contribution is -2.49. The highest BCUT2D eigenvalue weighted by Gasteiger charge is 2.27. The summed E-state index contributed by atoms with van der Waals surface area (Å²) in [6.07, 6.45) is 6.96. The van der Waals surface area contributed by atoms with E-state index in [0.717, 1.165) is 5.16 Å². The van der Waals surface area contributed by atoms with Crippen molar-refractivity contribution in [1.29, 1.82) is 0 Å². The average molecular weight is 430 g/mol. The molecule has 1 saturated heterocycles. The van der Waals surface area contributed by atoms with Crippen LogP contribution in [0.4, 0.5) is 0 Å². The van der Waals surface area contributed by atoms with Crippen LogP contribution in [0.2, 0.25) is 5.16 Å². The zero-order valence-corrected chi connectivity index (χ0v) is 20.7. The predicted octanol–water partition coefficient (Wildman–Crippen LogP) is 3.12. The SMILES string of the molecule is c1ccc([SiH2]C(CCCN2CCCCC2)[SiH](c2ccccc2)c2ccccc2)cc1. The van der Waals surface area contributed by atoms with E-state index >= 15 is 0 Å². The number of piperidine rings is 1. The van der Waals surface area contributed by atoms with E-state index in [9.17, 15) is 0 Å². The van der Waals surface area contributed by atoms with E-state index in [-0.39, 0.29) is 9.52 Å². The summed E-state index contributed by atoms with van der Waals surface area (Å²) in [7, 11) is -1.60. The molecule has 1 nitrogen and oxygen atoms in total. The van der Waals surface area contributed by atoms with Crippen LogP contribution in [-0.4, -0.2) is 42.9 Å². The zero-order chi connectivity index (χ0) is 20.4. The van der Waals surface area contributed by atoms with Gasteiger partial charge in [-0.3, -0.25) is 0 Å².